The average molecular weight is 384 g/mol. The number of aryl methyl sites for hydroxylation is 2. The van der Waals surface area contributed by atoms with E-state index in [9.17, 15) is 9.59 Å². The molecule has 0 N–H and O–H groups in total. The summed E-state index contributed by atoms with van der Waals surface area (Å²) in [5, 5.41) is 0. The second kappa shape index (κ2) is 9.37. The lowest BCUT2D eigenvalue weighted by molar-refractivity contribution is -0.136. The van der Waals surface area contributed by atoms with E-state index in [2.05, 4.69) is 0 Å². The van der Waals surface area contributed by atoms with Gasteiger partial charge in [-0.3, -0.25) is 0 Å². The average Bonchev–Trinajstić information content (AvgIpc) is 3.19. The molecule has 3 rings (SSSR count). The number of ether oxygens (including phenoxy) is 4. The standard InChI is InChI=1S/C22H24O6/c1-15-5-10-20(16(2)12-15)26-14-21(23)28-18-8-6-17(7-9-18)22(24)27-13-19-4-3-11-25-19/h5-10,12,19H,3-4,11,13-14H2,1-2H3. The molecule has 0 saturated carbocycles. The lowest BCUT2D eigenvalue weighted by Gasteiger charge is -2.11. The zero-order chi connectivity index (χ0) is 19.9. The number of rotatable bonds is 7. The van der Waals surface area contributed by atoms with Crippen LogP contribution in [0.5, 0.6) is 11.5 Å². The molecule has 0 aromatic heterocycles. The zero-order valence-corrected chi connectivity index (χ0v) is 16.1. The van der Waals surface area contributed by atoms with Crippen LogP contribution in [-0.2, 0) is 14.3 Å². The fraction of sp³-hybridized carbons (Fsp3) is 0.364. The third kappa shape index (κ3) is 5.57. The van der Waals surface area contributed by atoms with Gasteiger partial charge in [0.1, 0.15) is 18.1 Å². The van der Waals surface area contributed by atoms with Gasteiger partial charge in [0, 0.05) is 6.61 Å². The molecule has 1 aliphatic heterocycles. The number of carbonyl (C=O) groups excluding carboxylic acids is 2. The largest absolute Gasteiger partial charge is 0.482 e. The Morgan fingerprint density at radius 2 is 1.89 bits per heavy atom. The molecule has 1 heterocycles. The highest BCUT2D eigenvalue weighted by Gasteiger charge is 2.18. The maximum atomic E-state index is 12.0. The molecule has 28 heavy (non-hydrogen) atoms. The van der Waals surface area contributed by atoms with E-state index in [1.54, 1.807) is 24.3 Å². The number of benzene rings is 2. The van der Waals surface area contributed by atoms with Crippen LogP contribution in [0.15, 0.2) is 42.5 Å². The van der Waals surface area contributed by atoms with Crippen LogP contribution in [0.4, 0.5) is 0 Å². The minimum absolute atomic E-state index is 0.0126. The van der Waals surface area contributed by atoms with Crippen molar-refractivity contribution in [2.75, 3.05) is 19.8 Å². The molecule has 0 amide bonds. The van der Waals surface area contributed by atoms with Crippen molar-refractivity contribution in [1.82, 2.24) is 0 Å². The summed E-state index contributed by atoms with van der Waals surface area (Å²) in [7, 11) is 0. The van der Waals surface area contributed by atoms with Crippen LogP contribution in [0.3, 0.4) is 0 Å². The maximum absolute atomic E-state index is 12.0. The molecule has 1 aliphatic rings. The molecule has 0 spiro atoms. The second-order valence-electron chi connectivity index (χ2n) is 6.79. The Bertz CT molecular complexity index is 821. The zero-order valence-electron chi connectivity index (χ0n) is 16.1. The van der Waals surface area contributed by atoms with Gasteiger partial charge in [0.25, 0.3) is 0 Å². The van der Waals surface area contributed by atoms with E-state index in [1.807, 2.05) is 32.0 Å². The van der Waals surface area contributed by atoms with Gasteiger partial charge in [-0.05, 0) is 62.6 Å². The molecule has 0 radical (unpaired) electrons. The molecule has 0 bridgehead atoms. The number of esters is 2. The summed E-state index contributed by atoms with van der Waals surface area (Å²) in [6.07, 6.45) is 1.89. The van der Waals surface area contributed by atoms with Gasteiger partial charge >= 0.3 is 11.9 Å². The third-order valence-electron chi connectivity index (χ3n) is 4.42. The van der Waals surface area contributed by atoms with Crippen LogP contribution in [-0.4, -0.2) is 37.9 Å². The van der Waals surface area contributed by atoms with E-state index < -0.39 is 11.9 Å². The predicted molar refractivity (Wildman–Crippen MR) is 103 cm³/mol. The molecule has 1 atom stereocenters. The Kier molecular flexibility index (Phi) is 6.66. The van der Waals surface area contributed by atoms with Crippen molar-refractivity contribution >= 4 is 11.9 Å². The Morgan fingerprint density at radius 3 is 2.57 bits per heavy atom. The molecule has 6 nitrogen and oxygen atoms in total. The van der Waals surface area contributed by atoms with Crippen LogP contribution < -0.4 is 9.47 Å². The van der Waals surface area contributed by atoms with E-state index in [-0.39, 0.29) is 19.3 Å². The highest BCUT2D eigenvalue weighted by molar-refractivity contribution is 5.89. The van der Waals surface area contributed by atoms with Crippen LogP contribution in [0.2, 0.25) is 0 Å². The summed E-state index contributed by atoms with van der Waals surface area (Å²) in [6, 6.07) is 12.0. The normalized spacial score (nSPS) is 15.9. The number of carbonyl (C=O) groups is 2. The van der Waals surface area contributed by atoms with Gasteiger partial charge in [0.15, 0.2) is 6.61 Å². The first-order chi connectivity index (χ1) is 13.5. The molecule has 1 unspecified atom stereocenters. The maximum Gasteiger partial charge on any atom is 0.349 e. The lowest BCUT2D eigenvalue weighted by Crippen LogP contribution is -2.18. The molecule has 2 aromatic carbocycles. The number of hydrogen-bond donors (Lipinski definition) is 0. The summed E-state index contributed by atoms with van der Waals surface area (Å²) >= 11 is 0. The molecule has 2 aromatic rings. The Balaban J connectivity index is 1.46. The summed E-state index contributed by atoms with van der Waals surface area (Å²) in [6.45, 7) is 4.69. The van der Waals surface area contributed by atoms with E-state index >= 15 is 0 Å². The molecule has 148 valence electrons. The first-order valence-corrected chi connectivity index (χ1v) is 9.31. The van der Waals surface area contributed by atoms with E-state index in [0.29, 0.717) is 17.1 Å². The first-order valence-electron chi connectivity index (χ1n) is 9.31. The van der Waals surface area contributed by atoms with E-state index in [1.165, 1.54) is 0 Å². The minimum atomic E-state index is -0.520. The Labute approximate surface area is 164 Å². The van der Waals surface area contributed by atoms with E-state index in [0.717, 1.165) is 30.6 Å². The van der Waals surface area contributed by atoms with Crippen molar-refractivity contribution in [3.63, 3.8) is 0 Å². The SMILES string of the molecule is Cc1ccc(OCC(=O)Oc2ccc(C(=O)OCC3CCCO3)cc2)c(C)c1. The predicted octanol–water partition coefficient (Wildman–Crippen LogP) is 3.62. The third-order valence-corrected chi connectivity index (χ3v) is 4.42. The molecule has 1 fully saturated rings. The van der Waals surface area contributed by atoms with Crippen molar-refractivity contribution in [3.8, 4) is 11.5 Å². The smallest absolute Gasteiger partial charge is 0.349 e. The Morgan fingerprint density at radius 1 is 1.11 bits per heavy atom. The fourth-order valence-electron chi connectivity index (χ4n) is 2.95. The van der Waals surface area contributed by atoms with Gasteiger partial charge in [-0.1, -0.05) is 17.7 Å². The van der Waals surface area contributed by atoms with Crippen molar-refractivity contribution in [1.29, 1.82) is 0 Å². The van der Waals surface area contributed by atoms with Crippen molar-refractivity contribution in [3.05, 3.63) is 59.2 Å². The van der Waals surface area contributed by atoms with Crippen molar-refractivity contribution < 1.29 is 28.5 Å². The van der Waals surface area contributed by atoms with Gasteiger partial charge in [-0.15, -0.1) is 0 Å². The van der Waals surface area contributed by atoms with Crippen molar-refractivity contribution in [2.45, 2.75) is 32.8 Å². The molecule has 0 aliphatic carbocycles. The quantitative estimate of drug-likeness (QED) is 0.536. The van der Waals surface area contributed by atoms with Crippen LogP contribution in [0.25, 0.3) is 0 Å². The molecule has 6 heteroatoms. The monoisotopic (exact) mass is 384 g/mol. The van der Waals surface area contributed by atoms with Crippen LogP contribution in [0.1, 0.15) is 34.3 Å². The van der Waals surface area contributed by atoms with Crippen LogP contribution in [0, 0.1) is 13.8 Å². The van der Waals surface area contributed by atoms with Gasteiger partial charge in [-0.25, -0.2) is 9.59 Å². The second-order valence-corrected chi connectivity index (χ2v) is 6.79. The summed E-state index contributed by atoms with van der Waals surface area (Å²) < 4.78 is 21.4. The topological polar surface area (TPSA) is 71.1 Å². The fourth-order valence-corrected chi connectivity index (χ4v) is 2.95. The molecular weight excluding hydrogens is 360 g/mol. The summed E-state index contributed by atoms with van der Waals surface area (Å²) in [5.74, 6) is 0.0389. The molecule has 1 saturated heterocycles. The summed E-state index contributed by atoms with van der Waals surface area (Å²) in [5.41, 5.74) is 2.48. The Hall–Kier alpha value is -2.86. The molecular formula is C22H24O6. The van der Waals surface area contributed by atoms with Gasteiger partial charge in [-0.2, -0.15) is 0 Å². The number of hydrogen-bond acceptors (Lipinski definition) is 6. The summed E-state index contributed by atoms with van der Waals surface area (Å²) in [4.78, 5) is 24.0. The lowest BCUT2D eigenvalue weighted by atomic mass is 10.1. The highest BCUT2D eigenvalue weighted by atomic mass is 16.6. The van der Waals surface area contributed by atoms with Crippen molar-refractivity contribution in [2.24, 2.45) is 0 Å². The van der Waals surface area contributed by atoms with E-state index in [4.69, 9.17) is 18.9 Å². The van der Waals surface area contributed by atoms with Gasteiger partial charge in [0.2, 0.25) is 0 Å². The van der Waals surface area contributed by atoms with Crippen LogP contribution >= 0.6 is 0 Å². The highest BCUT2D eigenvalue weighted by Crippen LogP contribution is 2.19. The van der Waals surface area contributed by atoms with Gasteiger partial charge < -0.3 is 18.9 Å². The minimum Gasteiger partial charge on any atom is -0.482 e. The first kappa shape index (κ1) is 19.9. The van der Waals surface area contributed by atoms with Gasteiger partial charge in [0.05, 0.1) is 11.7 Å².